The van der Waals surface area contributed by atoms with Gasteiger partial charge in [-0.3, -0.25) is 4.31 Å². The van der Waals surface area contributed by atoms with Crippen molar-refractivity contribution in [2.24, 2.45) is 5.14 Å². The first-order valence-electron chi connectivity index (χ1n) is 9.70. The fourth-order valence-corrected chi connectivity index (χ4v) is 6.68. The summed E-state index contributed by atoms with van der Waals surface area (Å²) >= 11 is 0. The molecule has 0 radical (unpaired) electrons. The molecule has 0 fully saturated rings. The minimum atomic E-state index is -4.38. The van der Waals surface area contributed by atoms with E-state index in [1.807, 2.05) is 6.07 Å². The van der Waals surface area contributed by atoms with E-state index in [0.717, 1.165) is 34.6 Å². The Balaban J connectivity index is 2.00. The lowest BCUT2D eigenvalue weighted by Crippen LogP contribution is -2.39. The second-order valence-corrected chi connectivity index (χ2v) is 10.9. The number of aryl methyl sites for hydroxylation is 1. The molecule has 12 heteroatoms. The van der Waals surface area contributed by atoms with Crippen LogP contribution in [0.2, 0.25) is 0 Å². The normalized spacial score (nSPS) is 15.6. The predicted octanol–water partition coefficient (Wildman–Crippen LogP) is 3.24. The summed E-state index contributed by atoms with van der Waals surface area (Å²) in [6.45, 7) is 3.12. The van der Waals surface area contributed by atoms with Crippen molar-refractivity contribution in [1.29, 1.82) is 5.26 Å². The summed E-state index contributed by atoms with van der Waals surface area (Å²) in [6.07, 6.45) is 0.251. The minimum absolute atomic E-state index is 0.00315. The summed E-state index contributed by atoms with van der Waals surface area (Å²) < 4.78 is 81.8. The molecule has 172 valence electrons. The number of halogens is 2. The van der Waals surface area contributed by atoms with Crippen molar-refractivity contribution in [2.75, 3.05) is 4.31 Å². The lowest BCUT2D eigenvalue weighted by molar-refractivity contribution is 0.504. The third-order valence-electron chi connectivity index (χ3n) is 5.54. The van der Waals surface area contributed by atoms with Gasteiger partial charge in [-0.15, -0.1) is 0 Å². The van der Waals surface area contributed by atoms with Crippen LogP contribution in [0.5, 0.6) is 0 Å². The lowest BCUT2D eigenvalue weighted by Gasteiger charge is -2.38. The number of hydrogen-bond donors (Lipinski definition) is 1. The van der Waals surface area contributed by atoms with E-state index in [1.165, 1.54) is 17.6 Å². The zero-order valence-electron chi connectivity index (χ0n) is 17.5. The van der Waals surface area contributed by atoms with Crippen molar-refractivity contribution in [3.05, 3.63) is 71.1 Å². The van der Waals surface area contributed by atoms with Crippen molar-refractivity contribution in [3.8, 4) is 11.8 Å². The minimum Gasteiger partial charge on any atom is -0.301 e. The molecule has 1 aromatic heterocycles. The molecule has 8 nitrogen and oxygen atoms in total. The number of hydrogen-bond acceptors (Lipinski definition) is 5. The van der Waals surface area contributed by atoms with Gasteiger partial charge < -0.3 is 4.57 Å². The Hall–Kier alpha value is -3.27. The summed E-state index contributed by atoms with van der Waals surface area (Å²) in [7, 11) is -8.45. The molecule has 3 aromatic rings. The first-order valence-corrected chi connectivity index (χ1v) is 12.7. The molecule has 1 aliphatic rings. The Morgan fingerprint density at radius 2 is 1.67 bits per heavy atom. The van der Waals surface area contributed by atoms with Crippen molar-refractivity contribution in [1.82, 2.24) is 4.57 Å². The van der Waals surface area contributed by atoms with Gasteiger partial charge in [0.1, 0.15) is 11.8 Å². The highest BCUT2D eigenvalue weighted by Gasteiger charge is 2.40. The van der Waals surface area contributed by atoms with Crippen molar-refractivity contribution < 1.29 is 25.6 Å². The molecule has 0 saturated heterocycles. The van der Waals surface area contributed by atoms with Gasteiger partial charge in [-0.2, -0.15) is 5.26 Å². The van der Waals surface area contributed by atoms with Gasteiger partial charge in [-0.05, 0) is 49.2 Å². The number of sulfonamides is 2. The highest BCUT2D eigenvalue weighted by molar-refractivity contribution is 7.93. The monoisotopic (exact) mass is 492 g/mol. The van der Waals surface area contributed by atoms with E-state index in [0.29, 0.717) is 5.69 Å². The van der Waals surface area contributed by atoms with Gasteiger partial charge in [0.25, 0.3) is 10.0 Å². The van der Waals surface area contributed by atoms with Crippen LogP contribution in [0.4, 0.5) is 14.5 Å². The maximum Gasteiger partial charge on any atom is 0.265 e. The Kier molecular flexibility index (Phi) is 5.31. The standard InChI is InChI=1S/C21H18F2N4O4S2/c1-3-17-18-6-4-13(11-24)26(18)19-9-15(22)16(23)10-20(19)27(17)33(30,31)14-5-7-21(12(2)8-14)32(25,28)29/h4-10,17H,3H2,1-2H3,(H2,25,28,29)/t17-/m0/s1. The average molecular weight is 493 g/mol. The maximum absolute atomic E-state index is 14.3. The molecule has 2 N–H and O–H groups in total. The van der Waals surface area contributed by atoms with E-state index in [9.17, 15) is 30.9 Å². The summed E-state index contributed by atoms with van der Waals surface area (Å²) in [5.74, 6) is -2.45. The van der Waals surface area contributed by atoms with Gasteiger partial charge >= 0.3 is 0 Å². The molecule has 1 atom stereocenters. The van der Waals surface area contributed by atoms with Crippen LogP contribution in [-0.2, 0) is 20.0 Å². The molecular weight excluding hydrogens is 474 g/mol. The molecule has 1 aliphatic heterocycles. The molecule has 33 heavy (non-hydrogen) atoms. The van der Waals surface area contributed by atoms with E-state index in [1.54, 1.807) is 13.0 Å². The van der Waals surface area contributed by atoms with Crippen molar-refractivity contribution in [3.63, 3.8) is 0 Å². The summed E-state index contributed by atoms with van der Waals surface area (Å²) in [5.41, 5.74) is 0.519. The van der Waals surface area contributed by atoms with Crippen LogP contribution in [0.1, 0.15) is 36.3 Å². The first-order chi connectivity index (χ1) is 15.4. The number of nitrogens with zero attached hydrogens (tertiary/aromatic N) is 3. The molecule has 2 aromatic carbocycles. The highest BCUT2D eigenvalue weighted by atomic mass is 32.2. The van der Waals surface area contributed by atoms with Crippen molar-refractivity contribution in [2.45, 2.75) is 36.1 Å². The Morgan fingerprint density at radius 1 is 1.03 bits per heavy atom. The predicted molar refractivity (Wildman–Crippen MR) is 116 cm³/mol. The van der Waals surface area contributed by atoms with Gasteiger partial charge in [-0.1, -0.05) is 6.92 Å². The van der Waals surface area contributed by atoms with E-state index in [-0.39, 0.29) is 38.8 Å². The average Bonchev–Trinajstić information content (AvgIpc) is 3.17. The van der Waals surface area contributed by atoms with Crippen LogP contribution >= 0.6 is 0 Å². The molecule has 0 bridgehead atoms. The van der Waals surface area contributed by atoms with Gasteiger partial charge in [-0.25, -0.2) is 30.8 Å². The largest absolute Gasteiger partial charge is 0.301 e. The second-order valence-electron chi connectivity index (χ2n) is 7.54. The Morgan fingerprint density at radius 3 is 2.21 bits per heavy atom. The highest BCUT2D eigenvalue weighted by Crippen LogP contribution is 2.45. The fraction of sp³-hybridized carbons (Fsp3) is 0.190. The first kappa shape index (κ1) is 22.9. The molecular formula is C21H18F2N4O4S2. The van der Waals surface area contributed by atoms with Gasteiger partial charge in [0, 0.05) is 17.8 Å². The third-order valence-corrected chi connectivity index (χ3v) is 8.43. The quantitative estimate of drug-likeness (QED) is 0.598. The number of benzene rings is 2. The number of fused-ring (bicyclic) bond motifs is 3. The van der Waals surface area contributed by atoms with Crippen LogP contribution < -0.4 is 9.44 Å². The maximum atomic E-state index is 14.3. The molecule has 0 unspecified atom stereocenters. The summed E-state index contributed by atoms with van der Waals surface area (Å²) in [6, 6.07) is 9.15. The fourth-order valence-electron chi connectivity index (χ4n) is 4.13. The molecule has 4 rings (SSSR count). The number of nitriles is 1. The van der Waals surface area contributed by atoms with Crippen LogP contribution in [-0.4, -0.2) is 21.4 Å². The van der Waals surface area contributed by atoms with Gasteiger partial charge in [0.15, 0.2) is 11.6 Å². The SMILES string of the molecule is CC[C@H]1c2ccc(C#N)n2-c2cc(F)c(F)cc2N1S(=O)(=O)c1ccc(S(N)(=O)=O)c(C)c1. The molecule has 2 heterocycles. The topological polar surface area (TPSA) is 126 Å². The molecule has 0 spiro atoms. The third kappa shape index (κ3) is 3.49. The summed E-state index contributed by atoms with van der Waals surface area (Å²) in [4.78, 5) is -0.477. The van der Waals surface area contributed by atoms with Crippen molar-refractivity contribution >= 4 is 25.7 Å². The van der Waals surface area contributed by atoms with E-state index >= 15 is 0 Å². The molecule has 0 amide bonds. The second kappa shape index (κ2) is 7.65. The number of nitrogens with two attached hydrogens (primary N) is 1. The molecule has 0 aliphatic carbocycles. The van der Waals surface area contributed by atoms with E-state index in [2.05, 4.69) is 0 Å². The van der Waals surface area contributed by atoms with Crippen LogP contribution in [0.15, 0.2) is 52.3 Å². The number of anilines is 1. The lowest BCUT2D eigenvalue weighted by atomic mass is 10.1. The summed E-state index contributed by atoms with van der Waals surface area (Å²) in [5, 5.41) is 14.7. The van der Waals surface area contributed by atoms with E-state index < -0.39 is 37.7 Å². The number of rotatable bonds is 4. The van der Waals surface area contributed by atoms with Gasteiger partial charge in [0.05, 0.1) is 27.2 Å². The Labute approximate surface area is 189 Å². The zero-order chi connectivity index (χ0) is 24.3. The van der Waals surface area contributed by atoms with E-state index in [4.69, 9.17) is 5.14 Å². The van der Waals surface area contributed by atoms with Crippen LogP contribution in [0, 0.1) is 29.9 Å². The number of primary sulfonamides is 1. The van der Waals surface area contributed by atoms with Gasteiger partial charge in [0.2, 0.25) is 10.0 Å². The Bertz CT molecular complexity index is 1560. The number of aromatic nitrogens is 1. The smallest absolute Gasteiger partial charge is 0.265 e. The van der Waals surface area contributed by atoms with Crippen LogP contribution in [0.3, 0.4) is 0 Å². The van der Waals surface area contributed by atoms with Crippen LogP contribution in [0.25, 0.3) is 5.69 Å². The zero-order valence-corrected chi connectivity index (χ0v) is 19.1. The molecule has 0 saturated carbocycles.